The summed E-state index contributed by atoms with van der Waals surface area (Å²) in [5, 5.41) is 10.2. The molecule has 21 heavy (non-hydrogen) atoms. The number of rotatable bonds is 4. The second-order valence-electron chi connectivity index (χ2n) is 5.16. The molecule has 1 heterocycles. The Hall–Kier alpha value is -2.33. The van der Waals surface area contributed by atoms with Gasteiger partial charge in [0.2, 0.25) is 6.29 Å². The largest absolute Gasteiger partial charge is 0.463 e. The average Bonchev–Trinajstić information content (AvgIpc) is 2.87. The SMILES string of the molecule is Cc1cccc(O[C@@H](O)Cn2cnc3ccccc32)c1C. The monoisotopic (exact) mass is 282 g/mol. The van der Waals surface area contributed by atoms with Crippen LogP contribution in [0.15, 0.2) is 48.8 Å². The van der Waals surface area contributed by atoms with Crippen LogP contribution in [0.2, 0.25) is 0 Å². The highest BCUT2D eigenvalue weighted by Gasteiger charge is 2.11. The summed E-state index contributed by atoms with van der Waals surface area (Å²) in [6.07, 6.45) is 0.809. The van der Waals surface area contributed by atoms with E-state index in [0.717, 1.165) is 22.2 Å². The molecule has 1 N–H and O–H groups in total. The quantitative estimate of drug-likeness (QED) is 0.748. The smallest absolute Gasteiger partial charge is 0.215 e. The number of hydrogen-bond donors (Lipinski definition) is 1. The van der Waals surface area contributed by atoms with Crippen LogP contribution in [0.1, 0.15) is 11.1 Å². The molecule has 3 aromatic rings. The van der Waals surface area contributed by atoms with Gasteiger partial charge in [-0.3, -0.25) is 0 Å². The highest BCUT2D eigenvalue weighted by Crippen LogP contribution is 2.22. The van der Waals surface area contributed by atoms with Crippen molar-refractivity contribution >= 4 is 11.0 Å². The fraction of sp³-hybridized carbons (Fsp3) is 0.235. The number of aliphatic hydroxyl groups is 1. The fourth-order valence-corrected chi connectivity index (χ4v) is 2.36. The van der Waals surface area contributed by atoms with Crippen LogP contribution in [0.25, 0.3) is 11.0 Å². The third kappa shape index (κ3) is 2.76. The number of aliphatic hydroxyl groups excluding tert-OH is 1. The molecule has 108 valence electrons. The van der Waals surface area contributed by atoms with Gasteiger partial charge in [0.05, 0.1) is 23.9 Å². The van der Waals surface area contributed by atoms with E-state index in [2.05, 4.69) is 4.98 Å². The number of nitrogens with zero attached hydrogens (tertiary/aromatic N) is 2. The molecular formula is C17H18N2O2. The van der Waals surface area contributed by atoms with Crippen LogP contribution in [0, 0.1) is 13.8 Å². The summed E-state index contributed by atoms with van der Waals surface area (Å²) < 4.78 is 7.55. The van der Waals surface area contributed by atoms with Crippen molar-refractivity contribution in [3.8, 4) is 5.75 Å². The van der Waals surface area contributed by atoms with Crippen molar-refractivity contribution in [1.82, 2.24) is 9.55 Å². The summed E-state index contributed by atoms with van der Waals surface area (Å²) in [6, 6.07) is 13.7. The zero-order chi connectivity index (χ0) is 14.8. The Bertz CT molecular complexity index is 764. The van der Waals surface area contributed by atoms with Gasteiger partial charge < -0.3 is 14.4 Å². The molecule has 0 spiro atoms. The van der Waals surface area contributed by atoms with E-state index in [4.69, 9.17) is 4.74 Å². The van der Waals surface area contributed by atoms with Crippen LogP contribution in [0.5, 0.6) is 5.75 Å². The number of benzene rings is 2. The third-order valence-corrected chi connectivity index (χ3v) is 3.70. The standard InChI is InChI=1S/C17H18N2O2/c1-12-6-5-9-16(13(12)2)21-17(20)10-19-11-18-14-7-3-4-8-15(14)19/h3-9,11,17,20H,10H2,1-2H3/t17-/m1/s1. The molecule has 0 saturated heterocycles. The van der Waals surface area contributed by atoms with Crippen molar-refractivity contribution in [2.45, 2.75) is 26.7 Å². The minimum absolute atomic E-state index is 0.341. The van der Waals surface area contributed by atoms with Gasteiger partial charge in [-0.25, -0.2) is 4.98 Å². The van der Waals surface area contributed by atoms with Gasteiger partial charge in [0, 0.05) is 0 Å². The van der Waals surface area contributed by atoms with E-state index in [-0.39, 0.29) is 0 Å². The van der Waals surface area contributed by atoms with Gasteiger partial charge in [-0.1, -0.05) is 24.3 Å². The molecule has 0 radical (unpaired) electrons. The molecular weight excluding hydrogens is 264 g/mol. The average molecular weight is 282 g/mol. The van der Waals surface area contributed by atoms with Crippen molar-refractivity contribution in [2.75, 3.05) is 0 Å². The minimum atomic E-state index is -0.914. The van der Waals surface area contributed by atoms with Crippen LogP contribution < -0.4 is 4.74 Å². The molecule has 0 aliphatic carbocycles. The van der Waals surface area contributed by atoms with E-state index in [1.807, 2.05) is 60.9 Å². The Balaban J connectivity index is 1.77. The van der Waals surface area contributed by atoms with Crippen LogP contribution in [-0.4, -0.2) is 20.9 Å². The molecule has 0 amide bonds. The number of fused-ring (bicyclic) bond motifs is 1. The first-order valence-electron chi connectivity index (χ1n) is 6.96. The van der Waals surface area contributed by atoms with E-state index in [1.165, 1.54) is 0 Å². The molecule has 1 atom stereocenters. The van der Waals surface area contributed by atoms with E-state index >= 15 is 0 Å². The van der Waals surface area contributed by atoms with Crippen LogP contribution in [0.3, 0.4) is 0 Å². The van der Waals surface area contributed by atoms with Gasteiger partial charge in [-0.15, -0.1) is 0 Å². The Labute approximate surface area is 123 Å². The van der Waals surface area contributed by atoms with E-state index in [0.29, 0.717) is 12.3 Å². The number of aromatic nitrogens is 2. The first-order chi connectivity index (χ1) is 10.1. The minimum Gasteiger partial charge on any atom is -0.463 e. The lowest BCUT2D eigenvalue weighted by Gasteiger charge is -2.17. The molecule has 4 heteroatoms. The number of aryl methyl sites for hydroxylation is 1. The van der Waals surface area contributed by atoms with Crippen molar-refractivity contribution < 1.29 is 9.84 Å². The molecule has 2 aromatic carbocycles. The zero-order valence-corrected chi connectivity index (χ0v) is 12.2. The Morgan fingerprint density at radius 3 is 2.81 bits per heavy atom. The molecule has 3 rings (SSSR count). The highest BCUT2D eigenvalue weighted by molar-refractivity contribution is 5.74. The molecule has 0 bridgehead atoms. The Morgan fingerprint density at radius 1 is 1.14 bits per heavy atom. The molecule has 0 fully saturated rings. The van der Waals surface area contributed by atoms with Gasteiger partial charge in [-0.2, -0.15) is 0 Å². The second-order valence-corrected chi connectivity index (χ2v) is 5.16. The van der Waals surface area contributed by atoms with Crippen LogP contribution in [0.4, 0.5) is 0 Å². The lowest BCUT2D eigenvalue weighted by atomic mass is 10.1. The highest BCUT2D eigenvalue weighted by atomic mass is 16.6. The summed E-state index contributed by atoms with van der Waals surface area (Å²) in [6.45, 7) is 4.36. The summed E-state index contributed by atoms with van der Waals surface area (Å²) in [7, 11) is 0. The van der Waals surface area contributed by atoms with Crippen molar-refractivity contribution in [1.29, 1.82) is 0 Å². The van der Waals surface area contributed by atoms with Gasteiger partial charge in [-0.05, 0) is 43.2 Å². The third-order valence-electron chi connectivity index (χ3n) is 3.70. The molecule has 0 unspecified atom stereocenters. The Kier molecular flexibility index (Phi) is 3.62. The van der Waals surface area contributed by atoms with Crippen molar-refractivity contribution in [3.05, 3.63) is 59.9 Å². The van der Waals surface area contributed by atoms with Crippen molar-refractivity contribution in [3.63, 3.8) is 0 Å². The molecule has 4 nitrogen and oxygen atoms in total. The zero-order valence-electron chi connectivity index (χ0n) is 12.2. The maximum absolute atomic E-state index is 10.2. The first-order valence-corrected chi connectivity index (χ1v) is 6.96. The summed E-state index contributed by atoms with van der Waals surface area (Å²) in [5.41, 5.74) is 4.09. The summed E-state index contributed by atoms with van der Waals surface area (Å²) in [4.78, 5) is 4.31. The normalized spacial score (nSPS) is 12.5. The van der Waals surface area contributed by atoms with Gasteiger partial charge in [0.25, 0.3) is 0 Å². The summed E-state index contributed by atoms with van der Waals surface area (Å²) >= 11 is 0. The van der Waals surface area contributed by atoms with Gasteiger partial charge >= 0.3 is 0 Å². The Morgan fingerprint density at radius 2 is 1.95 bits per heavy atom. The predicted molar refractivity (Wildman–Crippen MR) is 82.3 cm³/mol. The topological polar surface area (TPSA) is 47.3 Å². The summed E-state index contributed by atoms with van der Waals surface area (Å²) in [5.74, 6) is 0.715. The predicted octanol–water partition coefficient (Wildman–Crippen LogP) is 3.05. The number of imidazole rings is 1. The number of hydrogen-bond acceptors (Lipinski definition) is 3. The maximum atomic E-state index is 10.2. The van der Waals surface area contributed by atoms with Gasteiger partial charge in [0.1, 0.15) is 5.75 Å². The van der Waals surface area contributed by atoms with Crippen LogP contribution in [-0.2, 0) is 6.54 Å². The van der Waals surface area contributed by atoms with Crippen LogP contribution >= 0.6 is 0 Å². The lowest BCUT2D eigenvalue weighted by molar-refractivity contribution is -0.0291. The van der Waals surface area contributed by atoms with Crippen molar-refractivity contribution in [2.24, 2.45) is 0 Å². The molecule has 0 aliphatic rings. The second kappa shape index (κ2) is 5.58. The number of para-hydroxylation sites is 2. The fourth-order valence-electron chi connectivity index (χ4n) is 2.36. The molecule has 1 aromatic heterocycles. The maximum Gasteiger partial charge on any atom is 0.215 e. The van der Waals surface area contributed by atoms with E-state index in [1.54, 1.807) is 6.33 Å². The molecule has 0 saturated carbocycles. The first kappa shape index (κ1) is 13.6. The van der Waals surface area contributed by atoms with E-state index < -0.39 is 6.29 Å². The lowest BCUT2D eigenvalue weighted by Crippen LogP contribution is -2.22. The van der Waals surface area contributed by atoms with Gasteiger partial charge in [0.15, 0.2) is 0 Å². The molecule has 0 aliphatic heterocycles. The van der Waals surface area contributed by atoms with E-state index in [9.17, 15) is 5.11 Å². The number of ether oxygens (including phenoxy) is 1.